The van der Waals surface area contributed by atoms with E-state index in [0.717, 1.165) is 0 Å². The number of aromatic carboxylic acids is 1. The summed E-state index contributed by atoms with van der Waals surface area (Å²) in [6.45, 7) is 0. The van der Waals surface area contributed by atoms with E-state index in [2.05, 4.69) is 0 Å². The Kier molecular flexibility index (Phi) is 8.68. The van der Waals surface area contributed by atoms with Crippen LogP contribution in [-0.4, -0.2) is 75.3 Å². The van der Waals surface area contributed by atoms with Crippen molar-refractivity contribution in [3.63, 3.8) is 0 Å². The molecule has 0 saturated heterocycles. The Morgan fingerprint density at radius 1 is 1.17 bits per heavy atom. The minimum atomic E-state index is -1.11. The van der Waals surface area contributed by atoms with Gasteiger partial charge in [0, 0.05) is 59.1 Å². The number of carboxylic acids is 1. The summed E-state index contributed by atoms with van der Waals surface area (Å²) in [5.74, 6) is -1.31. The summed E-state index contributed by atoms with van der Waals surface area (Å²) in [6.07, 6.45) is 0. The molecule has 0 unspecified atom stereocenters. The van der Waals surface area contributed by atoms with Crippen LogP contribution in [0, 0.1) is 0 Å². The fourth-order valence-corrected chi connectivity index (χ4v) is 0.654. The van der Waals surface area contributed by atoms with E-state index in [4.69, 9.17) is 10.2 Å². The fraction of sp³-hybridized carbons (Fsp3) is 0. The Morgan fingerprint density at radius 2 is 1.67 bits per heavy atom. The average molecular weight is 184 g/mol. The predicted molar refractivity (Wildman–Crippen MR) is 46.6 cm³/mol. The maximum atomic E-state index is 10.3. The largest absolute Gasteiger partial charge is 0.507 e. The van der Waals surface area contributed by atoms with Gasteiger partial charge >= 0.3 is 5.97 Å². The number of carbonyl (C=O) groups is 1. The Labute approximate surface area is 114 Å². The van der Waals surface area contributed by atoms with Crippen molar-refractivity contribution in [3.05, 3.63) is 29.8 Å². The number of hydrogen-bond donors (Lipinski definition) is 2. The number of rotatable bonds is 1. The molecule has 0 atom stereocenters. The molecule has 2 radical (unpaired) electrons. The number of para-hydroxylation sites is 1. The zero-order chi connectivity index (χ0) is 7.56. The second-order valence-electron chi connectivity index (χ2n) is 1.82. The maximum Gasteiger partial charge on any atom is 0.339 e. The summed E-state index contributed by atoms with van der Waals surface area (Å²) < 4.78 is 0. The molecular formula is C7H6Na2O3. The standard InChI is InChI=1S/C7H6O3.2Na/c8-6-4-2-1-3-5(6)7(9)10;;/h1-4,8H,(H,9,10);;. The van der Waals surface area contributed by atoms with Gasteiger partial charge in [0.05, 0.1) is 0 Å². The molecule has 0 aromatic heterocycles. The van der Waals surface area contributed by atoms with Gasteiger partial charge in [-0.15, -0.1) is 0 Å². The third-order valence-corrected chi connectivity index (χ3v) is 1.13. The molecule has 0 aliphatic heterocycles. The number of aromatic hydroxyl groups is 1. The normalized spacial score (nSPS) is 7.67. The van der Waals surface area contributed by atoms with Crippen molar-refractivity contribution in [2.24, 2.45) is 0 Å². The maximum absolute atomic E-state index is 10.3. The van der Waals surface area contributed by atoms with Gasteiger partial charge < -0.3 is 10.2 Å². The molecule has 0 heterocycles. The second-order valence-corrected chi connectivity index (χ2v) is 1.82. The second kappa shape index (κ2) is 6.95. The first kappa shape index (κ1) is 15.0. The van der Waals surface area contributed by atoms with Crippen LogP contribution in [0.15, 0.2) is 24.3 Å². The van der Waals surface area contributed by atoms with E-state index in [-0.39, 0.29) is 70.4 Å². The third-order valence-electron chi connectivity index (χ3n) is 1.13. The van der Waals surface area contributed by atoms with Crippen molar-refractivity contribution in [1.29, 1.82) is 0 Å². The Hall–Kier alpha value is 0.490. The molecule has 5 heteroatoms. The molecule has 0 saturated carbocycles. The van der Waals surface area contributed by atoms with Gasteiger partial charge in [0.1, 0.15) is 11.3 Å². The van der Waals surface area contributed by atoms with Crippen molar-refractivity contribution in [1.82, 2.24) is 0 Å². The molecule has 0 bridgehead atoms. The van der Waals surface area contributed by atoms with Crippen molar-refractivity contribution < 1.29 is 15.0 Å². The SMILES string of the molecule is O=C(O)c1ccccc1O.[Na].[Na]. The monoisotopic (exact) mass is 184 g/mol. The van der Waals surface area contributed by atoms with Gasteiger partial charge in [-0.05, 0) is 12.1 Å². The number of benzene rings is 1. The minimum absolute atomic E-state index is 0. The van der Waals surface area contributed by atoms with Crippen LogP contribution in [0.4, 0.5) is 0 Å². The summed E-state index contributed by atoms with van der Waals surface area (Å²) >= 11 is 0. The van der Waals surface area contributed by atoms with E-state index in [1.807, 2.05) is 0 Å². The molecule has 12 heavy (non-hydrogen) atoms. The van der Waals surface area contributed by atoms with Gasteiger partial charge in [0.2, 0.25) is 0 Å². The molecule has 3 nitrogen and oxygen atoms in total. The van der Waals surface area contributed by atoms with Crippen molar-refractivity contribution >= 4 is 65.1 Å². The molecular weight excluding hydrogens is 178 g/mol. The fourth-order valence-electron chi connectivity index (χ4n) is 0.654. The predicted octanol–water partition coefficient (Wildman–Crippen LogP) is 0.329. The summed E-state index contributed by atoms with van der Waals surface area (Å²) in [5.41, 5.74) is -0.0671. The summed E-state index contributed by atoms with van der Waals surface area (Å²) in [5, 5.41) is 17.3. The molecule has 0 fully saturated rings. The van der Waals surface area contributed by atoms with Gasteiger partial charge in [-0.3, -0.25) is 0 Å². The van der Waals surface area contributed by atoms with Crippen LogP contribution in [0.5, 0.6) is 5.75 Å². The van der Waals surface area contributed by atoms with E-state index in [1.54, 1.807) is 12.1 Å². The Bertz CT molecular complexity index is 263. The van der Waals surface area contributed by atoms with Crippen LogP contribution in [0.1, 0.15) is 10.4 Å². The van der Waals surface area contributed by atoms with Crippen LogP contribution in [-0.2, 0) is 0 Å². The van der Waals surface area contributed by atoms with Crippen LogP contribution in [0.3, 0.4) is 0 Å². The summed E-state index contributed by atoms with van der Waals surface area (Å²) in [6, 6.07) is 5.81. The molecule has 1 rings (SSSR count). The van der Waals surface area contributed by atoms with Crippen LogP contribution in [0.2, 0.25) is 0 Å². The van der Waals surface area contributed by atoms with Crippen molar-refractivity contribution in [2.45, 2.75) is 0 Å². The quantitative estimate of drug-likeness (QED) is 0.618. The van der Waals surface area contributed by atoms with Gasteiger partial charge in [-0.2, -0.15) is 0 Å². The summed E-state index contributed by atoms with van der Waals surface area (Å²) in [4.78, 5) is 10.3. The molecule has 0 aliphatic carbocycles. The Morgan fingerprint density at radius 3 is 2.00 bits per heavy atom. The zero-order valence-corrected chi connectivity index (χ0v) is 11.1. The van der Waals surface area contributed by atoms with E-state index >= 15 is 0 Å². The molecule has 2 N–H and O–H groups in total. The smallest absolute Gasteiger partial charge is 0.339 e. The number of carboxylic acid groups (broad SMARTS) is 1. The van der Waals surface area contributed by atoms with E-state index in [9.17, 15) is 4.79 Å². The number of phenols is 1. The first-order valence-electron chi connectivity index (χ1n) is 2.73. The van der Waals surface area contributed by atoms with E-state index < -0.39 is 5.97 Å². The zero-order valence-electron chi connectivity index (χ0n) is 7.11. The van der Waals surface area contributed by atoms with E-state index in [0.29, 0.717) is 0 Å². The van der Waals surface area contributed by atoms with Crippen molar-refractivity contribution in [2.75, 3.05) is 0 Å². The van der Waals surface area contributed by atoms with Gasteiger partial charge in [-0.25, -0.2) is 4.79 Å². The summed E-state index contributed by atoms with van der Waals surface area (Å²) in [7, 11) is 0. The van der Waals surface area contributed by atoms with E-state index in [1.165, 1.54) is 12.1 Å². The molecule has 1 aromatic rings. The number of hydrogen-bond acceptors (Lipinski definition) is 2. The first-order chi connectivity index (χ1) is 4.72. The molecule has 0 spiro atoms. The molecule has 54 valence electrons. The van der Waals surface area contributed by atoms with Gasteiger partial charge in [0.25, 0.3) is 0 Å². The average Bonchev–Trinajstić information content (AvgIpc) is 1.88. The van der Waals surface area contributed by atoms with Gasteiger partial charge in [-0.1, -0.05) is 12.1 Å². The first-order valence-corrected chi connectivity index (χ1v) is 2.73. The van der Waals surface area contributed by atoms with Crippen molar-refractivity contribution in [3.8, 4) is 5.75 Å². The van der Waals surface area contributed by atoms with Crippen LogP contribution in [0.25, 0.3) is 0 Å². The molecule has 0 amide bonds. The molecule has 0 aliphatic rings. The van der Waals surface area contributed by atoms with Crippen LogP contribution < -0.4 is 0 Å². The molecule has 1 aromatic carbocycles. The van der Waals surface area contributed by atoms with Gasteiger partial charge in [0.15, 0.2) is 0 Å². The topological polar surface area (TPSA) is 57.5 Å². The van der Waals surface area contributed by atoms with Crippen LogP contribution >= 0.6 is 0 Å². The Balaban J connectivity index is 0. The minimum Gasteiger partial charge on any atom is -0.507 e. The third kappa shape index (κ3) is 3.94.